The van der Waals surface area contributed by atoms with Crippen molar-refractivity contribution >= 4 is 17.8 Å². The number of ether oxygens (including phenoxy) is 1. The number of nitrogens with one attached hydrogen (secondary N) is 2. The Morgan fingerprint density at radius 3 is 1.75 bits per heavy atom. The summed E-state index contributed by atoms with van der Waals surface area (Å²) in [6.45, 7) is 1.61. The van der Waals surface area contributed by atoms with Crippen molar-refractivity contribution < 1.29 is 4.74 Å². The van der Waals surface area contributed by atoms with Crippen molar-refractivity contribution in [2.75, 3.05) is 46.2 Å². The van der Waals surface area contributed by atoms with Crippen LogP contribution in [0.5, 0.6) is 5.75 Å². The van der Waals surface area contributed by atoms with Gasteiger partial charge in [-0.3, -0.25) is 9.59 Å². The third kappa shape index (κ3) is 6.46. The van der Waals surface area contributed by atoms with Gasteiger partial charge in [0, 0.05) is 26.3 Å². The van der Waals surface area contributed by atoms with E-state index in [9.17, 15) is 9.59 Å². The summed E-state index contributed by atoms with van der Waals surface area (Å²) in [6.07, 6.45) is 4.25. The van der Waals surface area contributed by atoms with Crippen LogP contribution >= 0.6 is 0 Å². The first-order valence-corrected chi connectivity index (χ1v) is 10.5. The van der Waals surface area contributed by atoms with Crippen LogP contribution in [0.15, 0.2) is 58.1 Å². The summed E-state index contributed by atoms with van der Waals surface area (Å²) in [5.41, 5.74) is 1.97. The zero-order valence-electron chi connectivity index (χ0n) is 19.0. The average molecular weight is 435 g/mol. The molecule has 0 aliphatic rings. The molecule has 0 fully saturated rings. The van der Waals surface area contributed by atoms with Crippen molar-refractivity contribution in [1.29, 1.82) is 0 Å². The quantitative estimate of drug-likeness (QED) is 0.520. The van der Waals surface area contributed by atoms with Crippen LogP contribution in [-0.4, -0.2) is 56.2 Å². The fourth-order valence-corrected chi connectivity index (χ4v) is 3.13. The first kappa shape index (κ1) is 23.1. The smallest absolute Gasteiger partial charge is 0.272 e. The molecule has 0 spiro atoms. The minimum atomic E-state index is -0.357. The van der Waals surface area contributed by atoms with E-state index in [4.69, 9.17) is 4.74 Å². The third-order valence-electron chi connectivity index (χ3n) is 4.92. The van der Waals surface area contributed by atoms with Crippen LogP contribution in [0.2, 0.25) is 0 Å². The second-order valence-electron chi connectivity index (χ2n) is 8.08. The molecule has 0 bridgehead atoms. The molecular weight excluding hydrogens is 404 g/mol. The molecule has 0 amide bonds. The summed E-state index contributed by atoms with van der Waals surface area (Å²) < 4.78 is 5.72. The van der Waals surface area contributed by atoms with Gasteiger partial charge in [-0.05, 0) is 68.1 Å². The molecular formula is C25H30N4O3. The number of hydrogen-bond acceptors (Lipinski definition) is 5. The van der Waals surface area contributed by atoms with Gasteiger partial charge in [0.15, 0.2) is 0 Å². The highest BCUT2D eigenvalue weighted by Crippen LogP contribution is 2.13. The van der Waals surface area contributed by atoms with Crippen LogP contribution in [0.3, 0.4) is 0 Å². The molecule has 1 aromatic heterocycles. The molecule has 0 atom stereocenters. The van der Waals surface area contributed by atoms with E-state index < -0.39 is 0 Å². The Labute approximate surface area is 187 Å². The Bertz CT molecular complexity index is 1250. The van der Waals surface area contributed by atoms with Gasteiger partial charge in [0.05, 0.1) is 6.61 Å². The molecule has 0 unspecified atom stereocenters. The van der Waals surface area contributed by atoms with Gasteiger partial charge in [0.1, 0.15) is 16.4 Å². The highest BCUT2D eigenvalue weighted by molar-refractivity contribution is 5.55. The van der Waals surface area contributed by atoms with E-state index in [1.807, 2.05) is 81.6 Å². The largest absolute Gasteiger partial charge is 0.494 e. The topological polar surface area (TPSA) is 81.4 Å². The molecule has 32 heavy (non-hydrogen) atoms. The Balaban J connectivity index is 1.78. The van der Waals surface area contributed by atoms with Gasteiger partial charge in [-0.25, -0.2) is 0 Å². The van der Waals surface area contributed by atoms with Gasteiger partial charge >= 0.3 is 0 Å². The lowest BCUT2D eigenvalue weighted by atomic mass is 10.2. The SMILES string of the molecule is CN(C)CCCOc1ccc(C=c2[nH]c(=O)c(=Cc3ccc(N(C)C)cc3)[nH]c2=O)cc1. The second-order valence-corrected chi connectivity index (χ2v) is 8.08. The van der Waals surface area contributed by atoms with Gasteiger partial charge in [0.25, 0.3) is 11.1 Å². The molecule has 0 saturated carbocycles. The Morgan fingerprint density at radius 1 is 0.781 bits per heavy atom. The molecule has 2 N–H and O–H groups in total. The van der Waals surface area contributed by atoms with Gasteiger partial charge in [-0.1, -0.05) is 24.3 Å². The maximum Gasteiger partial charge on any atom is 0.272 e. The van der Waals surface area contributed by atoms with E-state index in [0.29, 0.717) is 6.61 Å². The number of aromatic nitrogens is 2. The zero-order chi connectivity index (χ0) is 23.1. The van der Waals surface area contributed by atoms with E-state index >= 15 is 0 Å². The lowest BCUT2D eigenvalue weighted by molar-refractivity contribution is 0.281. The van der Waals surface area contributed by atoms with E-state index in [-0.39, 0.29) is 21.8 Å². The molecule has 0 aliphatic carbocycles. The number of benzene rings is 2. The van der Waals surface area contributed by atoms with Crippen molar-refractivity contribution in [3.8, 4) is 5.75 Å². The Kier molecular flexibility index (Phi) is 7.68. The summed E-state index contributed by atoms with van der Waals surface area (Å²) in [5, 5.41) is 0.418. The normalized spacial score (nSPS) is 12.4. The van der Waals surface area contributed by atoms with Crippen LogP contribution < -0.4 is 31.5 Å². The van der Waals surface area contributed by atoms with Crippen molar-refractivity contribution in [3.05, 3.63) is 91.1 Å². The van der Waals surface area contributed by atoms with E-state index in [2.05, 4.69) is 14.9 Å². The van der Waals surface area contributed by atoms with Gasteiger partial charge in [-0.2, -0.15) is 0 Å². The van der Waals surface area contributed by atoms with E-state index in [1.54, 1.807) is 12.2 Å². The molecule has 0 saturated heterocycles. The molecule has 1 heterocycles. The third-order valence-corrected chi connectivity index (χ3v) is 4.92. The van der Waals surface area contributed by atoms with Crippen molar-refractivity contribution in [2.45, 2.75) is 6.42 Å². The van der Waals surface area contributed by atoms with Crippen molar-refractivity contribution in [1.82, 2.24) is 14.9 Å². The molecule has 7 heteroatoms. The number of H-pyrrole nitrogens is 2. The second kappa shape index (κ2) is 10.6. The first-order chi connectivity index (χ1) is 15.3. The highest BCUT2D eigenvalue weighted by Gasteiger charge is 2.00. The lowest BCUT2D eigenvalue weighted by Crippen LogP contribution is -2.46. The summed E-state index contributed by atoms with van der Waals surface area (Å²) in [4.78, 5) is 34.5. The Hall–Kier alpha value is -3.58. The maximum atomic E-state index is 12.5. The average Bonchev–Trinajstić information content (AvgIpc) is 2.76. The first-order valence-electron chi connectivity index (χ1n) is 10.5. The van der Waals surface area contributed by atoms with Crippen LogP contribution in [0.25, 0.3) is 12.2 Å². The molecule has 0 radical (unpaired) electrons. The lowest BCUT2D eigenvalue weighted by Gasteiger charge is -2.11. The number of anilines is 1. The predicted octanol–water partition coefficient (Wildman–Crippen LogP) is 1.12. The van der Waals surface area contributed by atoms with Crippen LogP contribution in [0.1, 0.15) is 17.5 Å². The van der Waals surface area contributed by atoms with Crippen molar-refractivity contribution in [2.24, 2.45) is 0 Å². The Morgan fingerprint density at radius 2 is 1.28 bits per heavy atom. The summed E-state index contributed by atoms with van der Waals surface area (Å²) in [7, 11) is 7.99. The molecule has 168 valence electrons. The van der Waals surface area contributed by atoms with E-state index in [0.717, 1.165) is 35.5 Å². The monoisotopic (exact) mass is 434 g/mol. The summed E-state index contributed by atoms with van der Waals surface area (Å²) in [5.74, 6) is 0.772. The number of aromatic amines is 2. The minimum Gasteiger partial charge on any atom is -0.494 e. The fourth-order valence-electron chi connectivity index (χ4n) is 3.13. The van der Waals surface area contributed by atoms with E-state index in [1.165, 1.54) is 0 Å². The maximum absolute atomic E-state index is 12.5. The summed E-state index contributed by atoms with van der Waals surface area (Å²) >= 11 is 0. The van der Waals surface area contributed by atoms with Crippen LogP contribution in [0.4, 0.5) is 5.69 Å². The highest BCUT2D eigenvalue weighted by atomic mass is 16.5. The standard InChI is InChI=1S/C25H30N4O3/c1-28(2)14-5-15-32-21-12-8-19(9-13-21)17-23-25(31)26-22(24(30)27-23)16-18-6-10-20(11-7-18)29(3)4/h6-13,16-17H,5,14-15H2,1-4H3,(H,26,31)(H,27,30). The number of hydrogen-bond donors (Lipinski definition) is 2. The molecule has 2 aromatic carbocycles. The summed E-state index contributed by atoms with van der Waals surface area (Å²) in [6, 6.07) is 15.1. The van der Waals surface area contributed by atoms with Crippen molar-refractivity contribution in [3.63, 3.8) is 0 Å². The minimum absolute atomic E-state index is 0.203. The fraction of sp³-hybridized carbons (Fsp3) is 0.280. The van der Waals surface area contributed by atoms with Crippen LogP contribution in [0, 0.1) is 0 Å². The molecule has 3 rings (SSSR count). The zero-order valence-corrected chi connectivity index (χ0v) is 19.0. The molecule has 0 aliphatic heterocycles. The molecule has 3 aromatic rings. The van der Waals surface area contributed by atoms with Gasteiger partial charge in [-0.15, -0.1) is 0 Å². The molecule has 7 nitrogen and oxygen atoms in total. The number of nitrogens with zero attached hydrogens (tertiary/aromatic N) is 2. The number of rotatable bonds is 8. The van der Waals surface area contributed by atoms with Crippen LogP contribution in [-0.2, 0) is 0 Å². The van der Waals surface area contributed by atoms with Gasteiger partial charge in [0.2, 0.25) is 0 Å². The predicted molar refractivity (Wildman–Crippen MR) is 130 cm³/mol. The van der Waals surface area contributed by atoms with Gasteiger partial charge < -0.3 is 24.5 Å².